The summed E-state index contributed by atoms with van der Waals surface area (Å²) in [5, 5.41) is 3.54. The third-order valence-corrected chi connectivity index (χ3v) is 3.52. The molecule has 0 aromatic carbocycles. The highest BCUT2D eigenvalue weighted by Gasteiger charge is 2.16. The Morgan fingerprint density at radius 2 is 2.24 bits per heavy atom. The van der Waals surface area contributed by atoms with Gasteiger partial charge in [0.15, 0.2) is 0 Å². The molecule has 1 saturated heterocycles. The van der Waals surface area contributed by atoms with Gasteiger partial charge in [-0.2, -0.15) is 0 Å². The first kappa shape index (κ1) is 12.5. The predicted molar refractivity (Wildman–Crippen MR) is 71.1 cm³/mol. The highest BCUT2D eigenvalue weighted by Crippen LogP contribution is 2.10. The van der Waals surface area contributed by atoms with Crippen molar-refractivity contribution in [1.29, 1.82) is 0 Å². The Morgan fingerprint density at radius 1 is 1.41 bits per heavy atom. The van der Waals surface area contributed by atoms with Gasteiger partial charge in [-0.1, -0.05) is 6.07 Å². The van der Waals surface area contributed by atoms with Gasteiger partial charge in [0.1, 0.15) is 0 Å². The van der Waals surface area contributed by atoms with Gasteiger partial charge in [-0.25, -0.2) is 0 Å². The maximum absolute atomic E-state index is 4.13. The van der Waals surface area contributed by atoms with Crippen LogP contribution in [0.4, 0.5) is 0 Å². The van der Waals surface area contributed by atoms with Crippen LogP contribution in [0.2, 0.25) is 0 Å². The van der Waals surface area contributed by atoms with Crippen molar-refractivity contribution < 1.29 is 0 Å². The van der Waals surface area contributed by atoms with Crippen LogP contribution in [0.25, 0.3) is 0 Å². The summed E-state index contributed by atoms with van der Waals surface area (Å²) in [6, 6.07) is 4.81. The van der Waals surface area contributed by atoms with Crippen molar-refractivity contribution >= 4 is 0 Å². The number of hydrogen-bond acceptors (Lipinski definition) is 3. The fourth-order valence-electron chi connectivity index (χ4n) is 2.40. The van der Waals surface area contributed by atoms with Crippen LogP contribution in [-0.2, 0) is 6.42 Å². The van der Waals surface area contributed by atoms with E-state index in [0.717, 1.165) is 19.5 Å². The van der Waals surface area contributed by atoms with Gasteiger partial charge in [0.05, 0.1) is 0 Å². The maximum atomic E-state index is 4.13. The van der Waals surface area contributed by atoms with Crippen molar-refractivity contribution in [2.75, 3.05) is 26.2 Å². The second kappa shape index (κ2) is 6.72. The molecule has 0 spiro atoms. The average molecular weight is 233 g/mol. The van der Waals surface area contributed by atoms with E-state index in [9.17, 15) is 0 Å². The number of nitrogens with one attached hydrogen (secondary N) is 1. The van der Waals surface area contributed by atoms with E-state index in [2.05, 4.69) is 28.2 Å². The minimum Gasteiger partial charge on any atom is -0.315 e. The van der Waals surface area contributed by atoms with Gasteiger partial charge in [-0.15, -0.1) is 0 Å². The van der Waals surface area contributed by atoms with Crippen LogP contribution in [0.1, 0.15) is 25.3 Å². The molecule has 0 radical (unpaired) electrons. The summed E-state index contributed by atoms with van der Waals surface area (Å²) in [6.07, 6.45) is 7.60. The van der Waals surface area contributed by atoms with E-state index < -0.39 is 0 Å². The molecule has 0 amide bonds. The first-order valence-corrected chi connectivity index (χ1v) is 6.70. The van der Waals surface area contributed by atoms with Gasteiger partial charge in [0, 0.05) is 25.0 Å². The molecule has 1 N–H and O–H groups in total. The quantitative estimate of drug-likeness (QED) is 0.758. The van der Waals surface area contributed by atoms with Gasteiger partial charge in [-0.3, -0.25) is 9.88 Å². The normalized spacial score (nSPS) is 18.4. The molecule has 1 aromatic rings. The summed E-state index contributed by atoms with van der Waals surface area (Å²) >= 11 is 0. The van der Waals surface area contributed by atoms with E-state index in [1.165, 1.54) is 31.5 Å². The van der Waals surface area contributed by atoms with Gasteiger partial charge >= 0.3 is 0 Å². The summed E-state index contributed by atoms with van der Waals surface area (Å²) in [5.74, 6) is 0. The third-order valence-electron chi connectivity index (χ3n) is 3.52. The summed E-state index contributed by atoms with van der Waals surface area (Å²) in [6.45, 7) is 7.03. The molecule has 1 aliphatic heterocycles. The molecule has 1 atom stereocenters. The molecule has 17 heavy (non-hydrogen) atoms. The van der Waals surface area contributed by atoms with E-state index in [0.29, 0.717) is 6.04 Å². The summed E-state index contributed by atoms with van der Waals surface area (Å²) in [7, 11) is 0. The molecule has 0 aliphatic carbocycles. The molecule has 2 rings (SSSR count). The Kier molecular flexibility index (Phi) is 4.95. The fourth-order valence-corrected chi connectivity index (χ4v) is 2.40. The molecule has 94 valence electrons. The summed E-state index contributed by atoms with van der Waals surface area (Å²) < 4.78 is 0. The van der Waals surface area contributed by atoms with Crippen molar-refractivity contribution in [1.82, 2.24) is 15.2 Å². The van der Waals surface area contributed by atoms with E-state index in [1.54, 1.807) is 0 Å². The third kappa shape index (κ3) is 4.10. The predicted octanol–water partition coefficient (Wildman–Crippen LogP) is 1.70. The number of aromatic nitrogens is 1. The Labute approximate surface area is 104 Å². The average Bonchev–Trinajstić information content (AvgIpc) is 2.89. The number of rotatable bonds is 6. The molecule has 0 bridgehead atoms. The maximum Gasteiger partial charge on any atom is 0.0300 e. The van der Waals surface area contributed by atoms with Crippen molar-refractivity contribution in [2.45, 2.75) is 32.2 Å². The highest BCUT2D eigenvalue weighted by atomic mass is 15.2. The van der Waals surface area contributed by atoms with Crippen molar-refractivity contribution in [3.63, 3.8) is 0 Å². The lowest BCUT2D eigenvalue weighted by Crippen LogP contribution is -2.39. The molecule has 1 fully saturated rings. The highest BCUT2D eigenvalue weighted by molar-refractivity contribution is 5.08. The lowest BCUT2D eigenvalue weighted by atomic mass is 10.2. The van der Waals surface area contributed by atoms with Crippen molar-refractivity contribution in [3.05, 3.63) is 30.1 Å². The molecule has 3 heteroatoms. The van der Waals surface area contributed by atoms with E-state index in [4.69, 9.17) is 0 Å². The van der Waals surface area contributed by atoms with Crippen molar-refractivity contribution in [3.8, 4) is 0 Å². The lowest BCUT2D eigenvalue weighted by molar-refractivity contribution is 0.252. The van der Waals surface area contributed by atoms with Crippen molar-refractivity contribution in [2.24, 2.45) is 0 Å². The number of pyridine rings is 1. The van der Waals surface area contributed by atoms with E-state index in [-0.39, 0.29) is 0 Å². The zero-order chi connectivity index (χ0) is 11.9. The molecule has 1 unspecified atom stereocenters. The van der Waals surface area contributed by atoms with E-state index in [1.807, 2.05) is 18.5 Å². The van der Waals surface area contributed by atoms with Crippen LogP contribution in [0, 0.1) is 0 Å². The fraction of sp³-hybridized carbons (Fsp3) is 0.643. The van der Waals surface area contributed by atoms with Crippen LogP contribution < -0.4 is 5.32 Å². The van der Waals surface area contributed by atoms with Crippen LogP contribution in [0.15, 0.2) is 24.5 Å². The zero-order valence-electron chi connectivity index (χ0n) is 10.7. The molecular formula is C14H23N3. The molecule has 0 saturated carbocycles. The SMILES string of the molecule is CC(CNCCc1cccnc1)N1CCCC1. The zero-order valence-corrected chi connectivity index (χ0v) is 10.7. The van der Waals surface area contributed by atoms with Gasteiger partial charge < -0.3 is 5.32 Å². The largest absolute Gasteiger partial charge is 0.315 e. The van der Waals surface area contributed by atoms with Gasteiger partial charge in [-0.05, 0) is 57.5 Å². The molecule has 1 aliphatic rings. The first-order chi connectivity index (χ1) is 8.36. The van der Waals surface area contributed by atoms with Crippen LogP contribution in [0.5, 0.6) is 0 Å². The van der Waals surface area contributed by atoms with E-state index >= 15 is 0 Å². The summed E-state index contributed by atoms with van der Waals surface area (Å²) in [5.41, 5.74) is 1.31. The molecular weight excluding hydrogens is 210 g/mol. The minimum absolute atomic E-state index is 0.673. The van der Waals surface area contributed by atoms with Crippen LogP contribution in [-0.4, -0.2) is 42.1 Å². The Morgan fingerprint density at radius 3 is 2.94 bits per heavy atom. The van der Waals surface area contributed by atoms with Crippen LogP contribution in [0.3, 0.4) is 0 Å². The standard InChI is InChI=1S/C14H23N3/c1-13(17-9-2-3-10-17)11-16-8-6-14-5-4-7-15-12-14/h4-5,7,12-13,16H,2-3,6,8-11H2,1H3. The number of likely N-dealkylation sites (tertiary alicyclic amines) is 1. The molecule has 3 nitrogen and oxygen atoms in total. The molecule has 1 aromatic heterocycles. The number of hydrogen-bond donors (Lipinski definition) is 1. The monoisotopic (exact) mass is 233 g/mol. The smallest absolute Gasteiger partial charge is 0.0300 e. The van der Waals surface area contributed by atoms with Crippen LogP contribution >= 0.6 is 0 Å². The first-order valence-electron chi connectivity index (χ1n) is 6.70. The molecule has 2 heterocycles. The Bertz CT molecular complexity index is 307. The lowest BCUT2D eigenvalue weighted by Gasteiger charge is -2.23. The van der Waals surface area contributed by atoms with Gasteiger partial charge in [0.25, 0.3) is 0 Å². The van der Waals surface area contributed by atoms with Gasteiger partial charge in [0.2, 0.25) is 0 Å². The topological polar surface area (TPSA) is 28.2 Å². The second-order valence-electron chi connectivity index (χ2n) is 4.91. The minimum atomic E-state index is 0.673. The Hall–Kier alpha value is -0.930. The summed E-state index contributed by atoms with van der Waals surface area (Å²) in [4.78, 5) is 6.71. The number of nitrogens with zero attached hydrogens (tertiary/aromatic N) is 2. The second-order valence-corrected chi connectivity index (χ2v) is 4.91. The Balaban J connectivity index is 1.59.